The summed E-state index contributed by atoms with van der Waals surface area (Å²) in [7, 11) is -0.343. The molecule has 0 fully saturated rings. The van der Waals surface area contributed by atoms with Gasteiger partial charge in [-0.3, -0.25) is 4.79 Å². The zero-order valence-electron chi connectivity index (χ0n) is 13.8. The molecule has 1 heterocycles. The number of nitrogens with one attached hydrogen (secondary N) is 1. The zero-order chi connectivity index (χ0) is 16.4. The summed E-state index contributed by atoms with van der Waals surface area (Å²) < 4.78 is 7.80. The molecular weight excluding hydrogens is 284 g/mol. The minimum atomic E-state index is -2.11. The van der Waals surface area contributed by atoms with Crippen molar-refractivity contribution in [2.45, 2.75) is 51.9 Å². The third-order valence-corrected chi connectivity index (χ3v) is 8.28. The topological polar surface area (TPSA) is 79.9 Å². The van der Waals surface area contributed by atoms with Crippen LogP contribution in [-0.4, -0.2) is 23.8 Å². The number of nitrogens with zero attached hydrogens (tertiary/aromatic N) is 3. The van der Waals surface area contributed by atoms with Crippen LogP contribution in [-0.2, 0) is 16.3 Å². The van der Waals surface area contributed by atoms with E-state index < -0.39 is 14.4 Å². The molecule has 0 aliphatic heterocycles. The van der Waals surface area contributed by atoms with Crippen molar-refractivity contribution in [3.05, 3.63) is 12.0 Å². The lowest BCUT2D eigenvalue weighted by molar-refractivity contribution is -0.114. The van der Waals surface area contributed by atoms with Gasteiger partial charge in [-0.15, -0.1) is 0 Å². The predicted octanol–water partition coefficient (Wildman–Crippen LogP) is 2.96. The Kier molecular flexibility index (Phi) is 4.97. The van der Waals surface area contributed by atoms with Crippen LogP contribution in [0, 0.1) is 11.3 Å². The molecule has 1 unspecified atom stereocenters. The Bertz CT molecular complexity index is 567. The fourth-order valence-corrected chi connectivity index (χ4v) is 2.68. The van der Waals surface area contributed by atoms with Crippen LogP contribution in [0.4, 0.5) is 5.82 Å². The smallest absolute Gasteiger partial charge is 0.222 e. The van der Waals surface area contributed by atoms with Gasteiger partial charge in [0.2, 0.25) is 5.91 Å². The fraction of sp³-hybridized carbons (Fsp3) is 0.643. The lowest BCUT2D eigenvalue weighted by Crippen LogP contribution is -2.41. The van der Waals surface area contributed by atoms with Crippen LogP contribution in [0.15, 0.2) is 6.33 Å². The van der Waals surface area contributed by atoms with Crippen LogP contribution < -0.4 is 5.32 Å². The lowest BCUT2D eigenvalue weighted by atomic mass is 10.2. The third kappa shape index (κ3) is 3.92. The average Bonchev–Trinajstić information content (AvgIpc) is 2.66. The molecule has 21 heavy (non-hydrogen) atoms. The maximum atomic E-state index is 11.3. The van der Waals surface area contributed by atoms with E-state index in [1.165, 1.54) is 6.92 Å². The SMILES string of the molecule is CC(=O)Nc1c(C(C#N)O[Si](C)(C)C(C)(C)C)ncn1C. The standard InChI is InChI=1S/C14H24N4O2Si/c1-10(19)17-13-12(16-9-18(13)5)11(8-15)20-21(6,7)14(2,3)4/h9,11H,1-7H3,(H,17,19). The van der Waals surface area contributed by atoms with Crippen molar-refractivity contribution in [1.82, 2.24) is 9.55 Å². The second-order valence-corrected chi connectivity index (χ2v) is 11.4. The van der Waals surface area contributed by atoms with E-state index in [1.807, 2.05) is 0 Å². The van der Waals surface area contributed by atoms with Gasteiger partial charge in [0.1, 0.15) is 17.6 Å². The fourth-order valence-electron chi connectivity index (χ4n) is 1.57. The van der Waals surface area contributed by atoms with E-state index >= 15 is 0 Å². The molecule has 0 aromatic carbocycles. The van der Waals surface area contributed by atoms with Crippen molar-refractivity contribution in [1.29, 1.82) is 5.26 Å². The van der Waals surface area contributed by atoms with Gasteiger partial charge in [0.05, 0.1) is 6.33 Å². The molecule has 0 aliphatic rings. The van der Waals surface area contributed by atoms with Crippen molar-refractivity contribution in [2.75, 3.05) is 5.32 Å². The van der Waals surface area contributed by atoms with E-state index in [1.54, 1.807) is 17.9 Å². The number of hydrogen-bond donors (Lipinski definition) is 1. The highest BCUT2D eigenvalue weighted by molar-refractivity contribution is 6.74. The number of carbonyl (C=O) groups is 1. The number of imidazole rings is 1. The maximum Gasteiger partial charge on any atom is 0.222 e. The second-order valence-electron chi connectivity index (χ2n) is 6.66. The van der Waals surface area contributed by atoms with Gasteiger partial charge in [0.15, 0.2) is 14.4 Å². The van der Waals surface area contributed by atoms with E-state index in [2.05, 4.69) is 50.2 Å². The highest BCUT2D eigenvalue weighted by atomic mass is 28.4. The number of anilines is 1. The van der Waals surface area contributed by atoms with Crippen LogP contribution in [0.3, 0.4) is 0 Å². The van der Waals surface area contributed by atoms with E-state index in [-0.39, 0.29) is 10.9 Å². The molecule has 0 saturated carbocycles. The Labute approximate surface area is 127 Å². The van der Waals surface area contributed by atoms with E-state index in [0.717, 1.165) is 0 Å². The van der Waals surface area contributed by atoms with Crippen molar-refractivity contribution >= 4 is 20.0 Å². The molecule has 0 bridgehead atoms. The maximum absolute atomic E-state index is 11.3. The van der Waals surface area contributed by atoms with Crippen LogP contribution >= 0.6 is 0 Å². The molecule has 1 atom stereocenters. The average molecular weight is 308 g/mol. The summed E-state index contributed by atoms with van der Waals surface area (Å²) in [4.78, 5) is 15.5. The molecule has 116 valence electrons. The normalized spacial score (nSPS) is 13.6. The summed E-state index contributed by atoms with van der Waals surface area (Å²) in [6.07, 6.45) is 0.786. The second kappa shape index (κ2) is 5.99. The number of aromatic nitrogens is 2. The van der Waals surface area contributed by atoms with Crippen LogP contribution in [0.5, 0.6) is 0 Å². The summed E-state index contributed by atoms with van der Waals surface area (Å²) in [6, 6.07) is 2.16. The number of nitriles is 1. The van der Waals surface area contributed by atoms with Gasteiger partial charge in [-0.25, -0.2) is 4.98 Å². The molecule has 7 heteroatoms. The summed E-state index contributed by atoms with van der Waals surface area (Å²) in [6.45, 7) is 11.9. The van der Waals surface area contributed by atoms with Gasteiger partial charge in [-0.1, -0.05) is 20.8 Å². The van der Waals surface area contributed by atoms with Crippen LogP contribution in [0.1, 0.15) is 39.5 Å². The van der Waals surface area contributed by atoms with E-state index in [4.69, 9.17) is 4.43 Å². The summed E-state index contributed by atoms with van der Waals surface area (Å²) in [5.41, 5.74) is 0.458. The monoisotopic (exact) mass is 308 g/mol. The van der Waals surface area contributed by atoms with Gasteiger partial charge >= 0.3 is 0 Å². The van der Waals surface area contributed by atoms with Gasteiger partial charge < -0.3 is 14.3 Å². The predicted molar refractivity (Wildman–Crippen MR) is 84.1 cm³/mol. The Hall–Kier alpha value is -1.65. The molecule has 6 nitrogen and oxygen atoms in total. The molecule has 0 radical (unpaired) electrons. The Morgan fingerprint density at radius 2 is 2.10 bits per heavy atom. The van der Waals surface area contributed by atoms with Crippen molar-refractivity contribution in [3.8, 4) is 6.07 Å². The summed E-state index contributed by atoms with van der Waals surface area (Å²) in [5, 5.41) is 12.2. The molecule has 1 amide bonds. The van der Waals surface area contributed by atoms with Gasteiger partial charge in [-0.2, -0.15) is 5.26 Å². The summed E-state index contributed by atoms with van der Waals surface area (Å²) in [5.74, 6) is 0.302. The zero-order valence-corrected chi connectivity index (χ0v) is 14.8. The van der Waals surface area contributed by atoms with Crippen molar-refractivity contribution in [3.63, 3.8) is 0 Å². The molecule has 1 aromatic rings. The first kappa shape index (κ1) is 17.4. The van der Waals surface area contributed by atoms with Gasteiger partial charge in [0.25, 0.3) is 0 Å². The van der Waals surface area contributed by atoms with Gasteiger partial charge in [-0.05, 0) is 18.1 Å². The number of amides is 1. The van der Waals surface area contributed by atoms with E-state index in [9.17, 15) is 10.1 Å². The Morgan fingerprint density at radius 1 is 1.52 bits per heavy atom. The van der Waals surface area contributed by atoms with E-state index in [0.29, 0.717) is 11.5 Å². The molecular formula is C14H24N4O2Si. The largest absolute Gasteiger partial charge is 0.397 e. The highest BCUT2D eigenvalue weighted by Gasteiger charge is 2.40. The van der Waals surface area contributed by atoms with Crippen molar-refractivity contribution < 1.29 is 9.22 Å². The lowest BCUT2D eigenvalue weighted by Gasteiger charge is -2.37. The highest BCUT2D eigenvalue weighted by Crippen LogP contribution is 2.40. The minimum Gasteiger partial charge on any atom is -0.397 e. The summed E-state index contributed by atoms with van der Waals surface area (Å²) >= 11 is 0. The van der Waals surface area contributed by atoms with Crippen molar-refractivity contribution in [2.24, 2.45) is 7.05 Å². The molecule has 1 aromatic heterocycles. The number of rotatable bonds is 4. The first-order chi connectivity index (χ1) is 9.49. The minimum absolute atomic E-state index is 0.00888. The Morgan fingerprint density at radius 3 is 2.52 bits per heavy atom. The first-order valence-electron chi connectivity index (χ1n) is 6.86. The molecule has 1 rings (SSSR count). The molecule has 0 aliphatic carbocycles. The molecule has 0 spiro atoms. The molecule has 0 saturated heterocycles. The van der Waals surface area contributed by atoms with Gasteiger partial charge in [0, 0.05) is 14.0 Å². The number of aryl methyl sites for hydroxylation is 1. The van der Waals surface area contributed by atoms with Crippen LogP contribution in [0.25, 0.3) is 0 Å². The first-order valence-corrected chi connectivity index (χ1v) is 9.76. The number of carbonyl (C=O) groups excluding carboxylic acids is 1. The Balaban J connectivity index is 3.13. The quantitative estimate of drug-likeness (QED) is 0.867. The molecule has 1 N–H and O–H groups in total. The van der Waals surface area contributed by atoms with Crippen LogP contribution in [0.2, 0.25) is 18.1 Å². The third-order valence-electron chi connectivity index (χ3n) is 3.84. The number of hydrogen-bond acceptors (Lipinski definition) is 4.